The summed E-state index contributed by atoms with van der Waals surface area (Å²) in [5, 5.41) is 21.3. The maximum atomic E-state index is 13.6. The van der Waals surface area contributed by atoms with E-state index in [2.05, 4.69) is 34.8 Å². The van der Waals surface area contributed by atoms with E-state index in [1.807, 2.05) is 44.2 Å². The predicted octanol–water partition coefficient (Wildman–Crippen LogP) is 8.77. The van der Waals surface area contributed by atoms with Gasteiger partial charge in [0.25, 0.3) is 0 Å². The molecule has 0 aliphatic heterocycles. The van der Waals surface area contributed by atoms with E-state index in [1.54, 1.807) is 12.3 Å². The largest absolute Gasteiger partial charge is 0.507 e. The number of nitrogens with zero attached hydrogens (tertiary/aromatic N) is 1. The molecule has 0 saturated heterocycles. The molecule has 2 aromatic rings. The average molecular weight is 679 g/mol. The second-order valence-corrected chi connectivity index (χ2v) is 13.9. The monoisotopic (exact) mass is 679 g/mol. The van der Waals surface area contributed by atoms with Crippen molar-refractivity contribution in [2.24, 2.45) is 10.9 Å². The Morgan fingerprint density at radius 2 is 1.27 bits per heavy atom. The van der Waals surface area contributed by atoms with Crippen LogP contribution < -0.4 is 16.0 Å². The van der Waals surface area contributed by atoms with Gasteiger partial charge in [-0.25, -0.2) is 0 Å². The Kier molecular flexibility index (Phi) is 21.8. The number of unbranched alkanes of at least 4 members (excludes halogenated alkanes) is 14. The zero-order chi connectivity index (χ0) is 35.7. The number of phenolic OH excluding ortho intramolecular Hbond substituents is 1. The highest BCUT2D eigenvalue weighted by molar-refractivity contribution is 6.03. The summed E-state index contributed by atoms with van der Waals surface area (Å²) in [7, 11) is 0. The normalized spacial score (nSPS) is 12.8. The number of hydrogen-bond acceptors (Lipinski definition) is 5. The Hall–Kier alpha value is -3.42. The van der Waals surface area contributed by atoms with Gasteiger partial charge in [0, 0.05) is 31.3 Å². The number of hydrogen-bond donors (Lipinski definition) is 4. The Labute approximate surface area is 296 Å². The molecule has 0 bridgehead atoms. The van der Waals surface area contributed by atoms with Crippen LogP contribution in [0.4, 0.5) is 0 Å². The molecule has 3 amide bonds. The first-order chi connectivity index (χ1) is 23.8. The lowest BCUT2D eigenvalue weighted by molar-refractivity contribution is -0.130. The minimum absolute atomic E-state index is 0.0848. The molecule has 8 heteroatoms. The number of benzene rings is 2. The predicted molar refractivity (Wildman–Crippen MR) is 204 cm³/mol. The van der Waals surface area contributed by atoms with Crippen LogP contribution in [-0.4, -0.2) is 54.2 Å². The minimum atomic E-state index is -0.849. The maximum Gasteiger partial charge on any atom is 0.245 e. The van der Waals surface area contributed by atoms with Crippen LogP contribution in [0.1, 0.15) is 149 Å². The fourth-order valence-corrected chi connectivity index (χ4v) is 6.09. The van der Waals surface area contributed by atoms with Crippen LogP contribution in [0.5, 0.6) is 5.75 Å². The summed E-state index contributed by atoms with van der Waals surface area (Å²) in [6.07, 6.45) is 20.9. The summed E-state index contributed by atoms with van der Waals surface area (Å²) in [5.74, 6) is -0.836. The molecule has 2 rings (SSSR count). The maximum absolute atomic E-state index is 13.6. The number of rotatable bonds is 27. The molecule has 0 aliphatic rings. The second kappa shape index (κ2) is 25.5. The number of nitrogens with one attached hydrogen (secondary N) is 3. The van der Waals surface area contributed by atoms with E-state index in [9.17, 15) is 19.5 Å². The number of carbonyl (C=O) groups excluding carboxylic acids is 3. The van der Waals surface area contributed by atoms with Crippen molar-refractivity contribution in [3.05, 3.63) is 42.0 Å². The topological polar surface area (TPSA) is 120 Å². The SMILES string of the molecule is CCCCCCCCCCNC(=O)CC[C@H](NC(=O)[C@@H](N=Cc1c(O)ccc2ccccc12)C(C)C)C(=O)NCCCCCCCCCC. The molecule has 8 nitrogen and oxygen atoms in total. The van der Waals surface area contributed by atoms with Crippen molar-refractivity contribution in [1.82, 2.24) is 16.0 Å². The van der Waals surface area contributed by atoms with E-state index in [1.165, 1.54) is 70.6 Å². The third-order valence-corrected chi connectivity index (χ3v) is 9.19. The molecule has 49 heavy (non-hydrogen) atoms. The van der Waals surface area contributed by atoms with Gasteiger partial charge >= 0.3 is 0 Å². The van der Waals surface area contributed by atoms with Crippen LogP contribution in [-0.2, 0) is 14.4 Å². The van der Waals surface area contributed by atoms with Crippen molar-refractivity contribution in [2.75, 3.05) is 13.1 Å². The van der Waals surface area contributed by atoms with Gasteiger partial charge in [0.2, 0.25) is 17.7 Å². The highest BCUT2D eigenvalue weighted by Gasteiger charge is 2.27. The molecule has 274 valence electrons. The summed E-state index contributed by atoms with van der Waals surface area (Å²) in [6.45, 7) is 9.41. The van der Waals surface area contributed by atoms with Crippen molar-refractivity contribution in [3.63, 3.8) is 0 Å². The first-order valence-electron chi connectivity index (χ1n) is 19.4. The van der Waals surface area contributed by atoms with Crippen LogP contribution in [0.3, 0.4) is 0 Å². The molecule has 0 spiro atoms. The summed E-state index contributed by atoms with van der Waals surface area (Å²) in [6, 6.07) is 9.54. The summed E-state index contributed by atoms with van der Waals surface area (Å²) in [5.41, 5.74) is 0.546. The van der Waals surface area contributed by atoms with Crippen molar-refractivity contribution in [3.8, 4) is 5.75 Å². The van der Waals surface area contributed by atoms with E-state index >= 15 is 0 Å². The second-order valence-electron chi connectivity index (χ2n) is 13.9. The smallest absolute Gasteiger partial charge is 0.245 e. The third kappa shape index (κ3) is 17.2. The number of fused-ring (bicyclic) bond motifs is 1. The van der Waals surface area contributed by atoms with Crippen LogP contribution in [0, 0.1) is 5.92 Å². The van der Waals surface area contributed by atoms with Crippen LogP contribution in [0.25, 0.3) is 10.8 Å². The van der Waals surface area contributed by atoms with Gasteiger partial charge in [-0.15, -0.1) is 0 Å². The molecule has 2 atom stereocenters. The van der Waals surface area contributed by atoms with E-state index in [-0.39, 0.29) is 42.2 Å². The molecular weight excluding hydrogens is 612 g/mol. The van der Waals surface area contributed by atoms with Crippen molar-refractivity contribution >= 4 is 34.7 Å². The van der Waals surface area contributed by atoms with Gasteiger partial charge in [0.1, 0.15) is 17.8 Å². The van der Waals surface area contributed by atoms with Gasteiger partial charge in [-0.1, -0.05) is 148 Å². The number of phenols is 1. The Bertz CT molecular complexity index is 1260. The first-order valence-corrected chi connectivity index (χ1v) is 19.4. The number of aliphatic imine (C=N–C) groups is 1. The molecule has 2 aromatic carbocycles. The van der Waals surface area contributed by atoms with Crippen LogP contribution in [0.15, 0.2) is 41.4 Å². The molecule has 0 fully saturated rings. The number of aromatic hydroxyl groups is 1. The van der Waals surface area contributed by atoms with Crippen molar-refractivity contribution in [2.45, 2.75) is 155 Å². The van der Waals surface area contributed by atoms with Crippen LogP contribution >= 0.6 is 0 Å². The lowest BCUT2D eigenvalue weighted by atomic mass is 10.0. The fourth-order valence-electron chi connectivity index (χ4n) is 6.09. The Balaban J connectivity index is 1.98. The average Bonchev–Trinajstić information content (AvgIpc) is 3.09. The zero-order valence-electron chi connectivity index (χ0n) is 31.0. The lowest BCUT2D eigenvalue weighted by Gasteiger charge is -2.22. The van der Waals surface area contributed by atoms with Crippen molar-refractivity contribution < 1.29 is 19.5 Å². The molecular formula is C41H66N4O4. The molecule has 0 aliphatic carbocycles. The van der Waals surface area contributed by atoms with E-state index < -0.39 is 12.1 Å². The number of amides is 3. The fraction of sp³-hybridized carbons (Fsp3) is 0.659. The molecule has 0 heterocycles. The minimum Gasteiger partial charge on any atom is -0.507 e. The van der Waals surface area contributed by atoms with Gasteiger partial charge < -0.3 is 21.1 Å². The quantitative estimate of drug-likeness (QED) is 0.0558. The highest BCUT2D eigenvalue weighted by Crippen LogP contribution is 2.26. The molecule has 0 saturated carbocycles. The summed E-state index contributed by atoms with van der Waals surface area (Å²) in [4.78, 5) is 44.3. The third-order valence-electron chi connectivity index (χ3n) is 9.19. The van der Waals surface area contributed by atoms with Crippen LogP contribution in [0.2, 0.25) is 0 Å². The molecule has 0 radical (unpaired) electrons. The molecule has 0 aromatic heterocycles. The molecule has 4 N–H and O–H groups in total. The van der Waals surface area contributed by atoms with Gasteiger partial charge in [0.05, 0.1) is 0 Å². The number of carbonyl (C=O) groups is 3. The van der Waals surface area contributed by atoms with Gasteiger partial charge in [-0.2, -0.15) is 0 Å². The standard InChI is InChI=1S/C41H66N4O4/c1-5-7-9-11-13-15-17-21-29-42-38(47)28-26-36(40(48)43-30-22-18-16-14-12-10-8-6-2)45-41(49)39(32(3)4)44-31-35-34-24-20-19-23-33(34)25-27-37(35)46/h19-20,23-25,27,31-32,36,39,46H,5-18,21-22,26,28-30H2,1-4H3,(H,42,47)(H,43,48)(H,45,49)/t36-,39-/m0/s1. The summed E-state index contributed by atoms with van der Waals surface area (Å²) < 4.78 is 0. The zero-order valence-corrected chi connectivity index (χ0v) is 31.0. The molecule has 0 unspecified atom stereocenters. The Morgan fingerprint density at radius 1 is 0.714 bits per heavy atom. The highest BCUT2D eigenvalue weighted by atomic mass is 16.3. The van der Waals surface area contributed by atoms with E-state index in [4.69, 9.17) is 0 Å². The van der Waals surface area contributed by atoms with Gasteiger partial charge in [-0.05, 0) is 42.0 Å². The van der Waals surface area contributed by atoms with Gasteiger partial charge in [0.15, 0.2) is 0 Å². The van der Waals surface area contributed by atoms with Crippen molar-refractivity contribution in [1.29, 1.82) is 0 Å². The first kappa shape index (κ1) is 41.7. The summed E-state index contributed by atoms with van der Waals surface area (Å²) >= 11 is 0. The Morgan fingerprint density at radius 3 is 1.86 bits per heavy atom. The van der Waals surface area contributed by atoms with E-state index in [0.29, 0.717) is 18.7 Å². The lowest BCUT2D eigenvalue weighted by Crippen LogP contribution is -2.50. The van der Waals surface area contributed by atoms with Gasteiger partial charge in [-0.3, -0.25) is 19.4 Å². The van der Waals surface area contributed by atoms with E-state index in [0.717, 1.165) is 42.9 Å².